The van der Waals surface area contributed by atoms with Crippen LogP contribution in [0.3, 0.4) is 0 Å². The lowest BCUT2D eigenvalue weighted by Crippen LogP contribution is -2.37. The Bertz CT molecular complexity index is 309. The lowest BCUT2D eigenvalue weighted by Gasteiger charge is -2.36. The molecule has 0 aromatic heterocycles. The number of hydrogen-bond donors (Lipinski definition) is 1. The van der Waals surface area contributed by atoms with E-state index in [1.165, 1.54) is 30.5 Å². The highest BCUT2D eigenvalue weighted by molar-refractivity contribution is 5.58. The van der Waals surface area contributed by atoms with Crippen molar-refractivity contribution in [3.8, 4) is 0 Å². The maximum atomic E-state index is 5.83. The average molecular weight is 190 g/mol. The van der Waals surface area contributed by atoms with Crippen LogP contribution < -0.4 is 10.6 Å². The molecule has 2 rings (SSSR count). The standard InChI is InChI=1S/C12H18N2/c1-9-6-10(13)8-12(7-9)14(2)11-4-3-5-11/h6-8,11H,3-5,13H2,1-2H3. The fourth-order valence-electron chi connectivity index (χ4n) is 1.98. The molecule has 1 aromatic rings. The van der Waals surface area contributed by atoms with E-state index in [2.05, 4.69) is 31.0 Å². The Kier molecular flexibility index (Phi) is 2.36. The first-order valence-electron chi connectivity index (χ1n) is 5.27. The average Bonchev–Trinajstić information content (AvgIpc) is 1.98. The van der Waals surface area contributed by atoms with Crippen LogP contribution in [-0.4, -0.2) is 13.1 Å². The molecule has 1 aromatic carbocycles. The number of benzene rings is 1. The largest absolute Gasteiger partial charge is 0.399 e. The van der Waals surface area contributed by atoms with Crippen LogP contribution in [0.5, 0.6) is 0 Å². The van der Waals surface area contributed by atoms with Gasteiger partial charge in [0.15, 0.2) is 0 Å². The van der Waals surface area contributed by atoms with Crippen LogP contribution >= 0.6 is 0 Å². The molecule has 0 saturated heterocycles. The summed E-state index contributed by atoms with van der Waals surface area (Å²) in [4.78, 5) is 2.35. The zero-order valence-corrected chi connectivity index (χ0v) is 8.96. The van der Waals surface area contributed by atoms with Crippen LogP contribution in [0.2, 0.25) is 0 Å². The van der Waals surface area contributed by atoms with Gasteiger partial charge in [0.05, 0.1) is 0 Å². The van der Waals surface area contributed by atoms with Crippen molar-refractivity contribution in [3.05, 3.63) is 23.8 Å². The van der Waals surface area contributed by atoms with E-state index < -0.39 is 0 Å². The normalized spacial score (nSPS) is 16.4. The number of aryl methyl sites for hydroxylation is 1. The van der Waals surface area contributed by atoms with Gasteiger partial charge < -0.3 is 10.6 Å². The smallest absolute Gasteiger partial charge is 0.0389 e. The van der Waals surface area contributed by atoms with Crippen molar-refractivity contribution in [2.45, 2.75) is 32.2 Å². The third kappa shape index (κ3) is 1.69. The lowest BCUT2D eigenvalue weighted by atomic mass is 9.91. The van der Waals surface area contributed by atoms with Gasteiger partial charge in [-0.2, -0.15) is 0 Å². The lowest BCUT2D eigenvalue weighted by molar-refractivity contribution is 0.401. The monoisotopic (exact) mass is 190 g/mol. The molecule has 1 fully saturated rings. The minimum Gasteiger partial charge on any atom is -0.399 e. The second kappa shape index (κ2) is 3.52. The van der Waals surface area contributed by atoms with Gasteiger partial charge >= 0.3 is 0 Å². The minimum absolute atomic E-state index is 0.733. The fourth-order valence-corrected chi connectivity index (χ4v) is 1.98. The molecule has 0 unspecified atom stereocenters. The second-order valence-electron chi connectivity index (χ2n) is 4.30. The van der Waals surface area contributed by atoms with E-state index in [4.69, 9.17) is 5.73 Å². The molecule has 1 aliphatic carbocycles. The Labute approximate surface area is 85.7 Å². The van der Waals surface area contributed by atoms with Crippen molar-refractivity contribution in [2.24, 2.45) is 0 Å². The summed E-state index contributed by atoms with van der Waals surface area (Å²) < 4.78 is 0. The molecule has 0 heterocycles. The summed E-state index contributed by atoms with van der Waals surface area (Å²) in [5, 5.41) is 0. The van der Waals surface area contributed by atoms with E-state index in [9.17, 15) is 0 Å². The van der Waals surface area contributed by atoms with Gasteiger partial charge in [-0.3, -0.25) is 0 Å². The summed E-state index contributed by atoms with van der Waals surface area (Å²) in [5.41, 5.74) is 9.20. The number of hydrogen-bond acceptors (Lipinski definition) is 2. The zero-order valence-electron chi connectivity index (χ0n) is 8.96. The number of nitrogen functional groups attached to an aromatic ring is 1. The highest BCUT2D eigenvalue weighted by Crippen LogP contribution is 2.29. The van der Waals surface area contributed by atoms with Crippen LogP contribution in [0, 0.1) is 6.92 Å². The molecule has 1 saturated carbocycles. The summed E-state index contributed by atoms with van der Waals surface area (Å²) >= 11 is 0. The molecule has 0 amide bonds. The molecule has 0 spiro atoms. The Morgan fingerprint density at radius 1 is 1.29 bits per heavy atom. The molecule has 2 heteroatoms. The number of nitrogens with two attached hydrogens (primary N) is 1. The van der Waals surface area contributed by atoms with E-state index in [1.54, 1.807) is 0 Å². The molecule has 76 valence electrons. The third-order valence-corrected chi connectivity index (χ3v) is 3.11. The highest BCUT2D eigenvalue weighted by Gasteiger charge is 2.22. The van der Waals surface area contributed by atoms with Crippen LogP contribution in [0.15, 0.2) is 18.2 Å². The first kappa shape index (κ1) is 9.38. The quantitative estimate of drug-likeness (QED) is 0.726. The maximum absolute atomic E-state index is 5.83. The predicted molar refractivity (Wildman–Crippen MR) is 61.6 cm³/mol. The summed E-state index contributed by atoms with van der Waals surface area (Å²) in [5.74, 6) is 0. The molecular formula is C12H18N2. The summed E-state index contributed by atoms with van der Waals surface area (Å²) in [7, 11) is 2.16. The van der Waals surface area contributed by atoms with Crippen LogP contribution in [-0.2, 0) is 0 Å². The van der Waals surface area contributed by atoms with Crippen molar-refractivity contribution in [2.75, 3.05) is 17.7 Å². The minimum atomic E-state index is 0.733. The molecule has 0 atom stereocenters. The molecule has 0 bridgehead atoms. The molecule has 2 nitrogen and oxygen atoms in total. The van der Waals surface area contributed by atoms with E-state index in [1.807, 2.05) is 6.07 Å². The topological polar surface area (TPSA) is 29.3 Å². The second-order valence-corrected chi connectivity index (χ2v) is 4.30. The van der Waals surface area contributed by atoms with Crippen molar-refractivity contribution < 1.29 is 0 Å². The maximum Gasteiger partial charge on any atom is 0.0389 e. The number of anilines is 2. The SMILES string of the molecule is Cc1cc(N)cc(N(C)C2CCC2)c1. The van der Waals surface area contributed by atoms with Gasteiger partial charge in [-0.25, -0.2) is 0 Å². The van der Waals surface area contributed by atoms with Crippen LogP contribution in [0.1, 0.15) is 24.8 Å². The van der Waals surface area contributed by atoms with Crippen LogP contribution in [0.25, 0.3) is 0 Å². The molecule has 14 heavy (non-hydrogen) atoms. The van der Waals surface area contributed by atoms with Crippen molar-refractivity contribution in [1.82, 2.24) is 0 Å². The van der Waals surface area contributed by atoms with Gasteiger partial charge in [-0.05, 0) is 49.9 Å². The predicted octanol–water partition coefficient (Wildman–Crippen LogP) is 2.57. The Hall–Kier alpha value is -1.18. The van der Waals surface area contributed by atoms with Gasteiger partial charge in [0, 0.05) is 24.5 Å². The molecular weight excluding hydrogens is 172 g/mol. The highest BCUT2D eigenvalue weighted by atomic mass is 15.1. The van der Waals surface area contributed by atoms with Gasteiger partial charge in [0.1, 0.15) is 0 Å². The van der Waals surface area contributed by atoms with Crippen molar-refractivity contribution in [3.63, 3.8) is 0 Å². The summed E-state index contributed by atoms with van der Waals surface area (Å²) in [6.45, 7) is 2.09. The van der Waals surface area contributed by atoms with Gasteiger partial charge in [-0.15, -0.1) is 0 Å². The Balaban J connectivity index is 2.21. The zero-order chi connectivity index (χ0) is 10.1. The van der Waals surface area contributed by atoms with Gasteiger partial charge in [-0.1, -0.05) is 0 Å². The third-order valence-electron chi connectivity index (χ3n) is 3.11. The number of nitrogens with zero attached hydrogens (tertiary/aromatic N) is 1. The first-order chi connectivity index (χ1) is 6.66. The van der Waals surface area contributed by atoms with Crippen LogP contribution in [0.4, 0.5) is 11.4 Å². The summed E-state index contributed by atoms with van der Waals surface area (Å²) in [6, 6.07) is 7.01. The molecule has 0 radical (unpaired) electrons. The van der Waals surface area contributed by atoms with Crippen molar-refractivity contribution in [1.29, 1.82) is 0 Å². The molecule has 1 aliphatic rings. The van der Waals surface area contributed by atoms with Gasteiger partial charge in [0.2, 0.25) is 0 Å². The van der Waals surface area contributed by atoms with E-state index in [-0.39, 0.29) is 0 Å². The van der Waals surface area contributed by atoms with E-state index in [0.29, 0.717) is 0 Å². The summed E-state index contributed by atoms with van der Waals surface area (Å²) in [6.07, 6.45) is 4.02. The fraction of sp³-hybridized carbons (Fsp3) is 0.500. The number of rotatable bonds is 2. The van der Waals surface area contributed by atoms with E-state index in [0.717, 1.165) is 11.7 Å². The molecule has 2 N–H and O–H groups in total. The van der Waals surface area contributed by atoms with Gasteiger partial charge in [0.25, 0.3) is 0 Å². The van der Waals surface area contributed by atoms with Crippen molar-refractivity contribution >= 4 is 11.4 Å². The Morgan fingerprint density at radius 3 is 2.50 bits per heavy atom. The Morgan fingerprint density at radius 2 is 2.00 bits per heavy atom. The molecule has 0 aliphatic heterocycles. The van der Waals surface area contributed by atoms with E-state index >= 15 is 0 Å². The first-order valence-corrected chi connectivity index (χ1v) is 5.27.